The molecule has 0 saturated carbocycles. The second-order valence-corrected chi connectivity index (χ2v) is 8.07. The number of amides is 2. The molecule has 0 radical (unpaired) electrons. The first-order valence-electron chi connectivity index (χ1n) is 11.1. The minimum absolute atomic E-state index is 0.109. The summed E-state index contributed by atoms with van der Waals surface area (Å²) in [6.45, 7) is 6.77. The van der Waals surface area contributed by atoms with Gasteiger partial charge in [0.15, 0.2) is 0 Å². The highest BCUT2D eigenvalue weighted by Crippen LogP contribution is 2.32. The zero-order chi connectivity index (χ0) is 23.4. The number of aryl methyl sites for hydroxylation is 2. The molecule has 1 aliphatic heterocycles. The molecule has 6 nitrogen and oxygen atoms in total. The van der Waals surface area contributed by atoms with Crippen LogP contribution in [0.4, 0.5) is 5.69 Å². The Hall–Kier alpha value is -3.93. The Morgan fingerprint density at radius 2 is 1.79 bits per heavy atom. The number of pyridine rings is 1. The van der Waals surface area contributed by atoms with Crippen LogP contribution in [-0.4, -0.2) is 28.3 Å². The molecule has 2 heterocycles. The number of ether oxygens (including phenoxy) is 1. The number of imide groups is 1. The van der Waals surface area contributed by atoms with E-state index < -0.39 is 0 Å². The number of aromatic nitrogens is 1. The van der Waals surface area contributed by atoms with Gasteiger partial charge in [0.05, 0.1) is 24.4 Å². The van der Waals surface area contributed by atoms with Crippen molar-refractivity contribution in [1.82, 2.24) is 9.88 Å². The average Bonchev–Trinajstić information content (AvgIpc) is 3.04. The van der Waals surface area contributed by atoms with Crippen LogP contribution in [0.5, 0.6) is 5.75 Å². The summed E-state index contributed by atoms with van der Waals surface area (Å²) >= 11 is 0. The van der Waals surface area contributed by atoms with E-state index in [1.54, 1.807) is 18.3 Å². The van der Waals surface area contributed by atoms with Crippen molar-refractivity contribution in [3.05, 3.63) is 94.9 Å². The highest BCUT2D eigenvalue weighted by Gasteiger charge is 2.39. The molecule has 6 heteroatoms. The fourth-order valence-corrected chi connectivity index (χ4v) is 3.68. The lowest BCUT2D eigenvalue weighted by molar-refractivity contribution is -0.137. The van der Waals surface area contributed by atoms with E-state index in [0.717, 1.165) is 17.5 Å². The molecular formula is C27H27N3O3. The van der Waals surface area contributed by atoms with Crippen LogP contribution < -0.4 is 10.1 Å². The van der Waals surface area contributed by atoms with Gasteiger partial charge in [0.1, 0.15) is 11.4 Å². The van der Waals surface area contributed by atoms with Gasteiger partial charge in [-0.3, -0.25) is 19.5 Å². The summed E-state index contributed by atoms with van der Waals surface area (Å²) < 4.78 is 5.72. The SMILES string of the molecule is CCCOc1cccc(NC2=C(c3ccc(C)c(C)c3)C(=O)N(Cc3ccccn3)C2=O)c1. The molecule has 2 aromatic carbocycles. The van der Waals surface area contributed by atoms with Crippen molar-refractivity contribution in [2.45, 2.75) is 33.7 Å². The van der Waals surface area contributed by atoms with Gasteiger partial charge in [0.2, 0.25) is 0 Å². The summed E-state index contributed by atoms with van der Waals surface area (Å²) in [6, 6.07) is 18.7. The van der Waals surface area contributed by atoms with Gasteiger partial charge in [0.25, 0.3) is 11.8 Å². The van der Waals surface area contributed by atoms with Crippen LogP contribution in [0.2, 0.25) is 0 Å². The molecule has 0 unspecified atom stereocenters. The second kappa shape index (κ2) is 9.69. The Bertz CT molecular complexity index is 1220. The van der Waals surface area contributed by atoms with Gasteiger partial charge in [0, 0.05) is 18.0 Å². The van der Waals surface area contributed by atoms with Gasteiger partial charge in [-0.2, -0.15) is 0 Å². The molecule has 168 valence electrons. The fourth-order valence-electron chi connectivity index (χ4n) is 3.68. The van der Waals surface area contributed by atoms with E-state index >= 15 is 0 Å². The number of hydrogen-bond donors (Lipinski definition) is 1. The molecule has 0 bridgehead atoms. The third kappa shape index (κ3) is 4.80. The van der Waals surface area contributed by atoms with E-state index in [9.17, 15) is 9.59 Å². The number of nitrogens with one attached hydrogen (secondary N) is 1. The predicted octanol–water partition coefficient (Wildman–Crippen LogP) is 4.88. The van der Waals surface area contributed by atoms with Crippen molar-refractivity contribution in [2.24, 2.45) is 0 Å². The number of rotatable bonds is 8. The maximum Gasteiger partial charge on any atom is 0.278 e. The molecular weight excluding hydrogens is 414 g/mol. The Morgan fingerprint density at radius 3 is 2.52 bits per heavy atom. The maximum atomic E-state index is 13.5. The summed E-state index contributed by atoms with van der Waals surface area (Å²) in [5.74, 6) is -0.00847. The molecule has 3 aromatic rings. The number of carbonyl (C=O) groups excluding carboxylic acids is 2. The van der Waals surface area contributed by atoms with Gasteiger partial charge in [-0.25, -0.2) is 0 Å². The normalized spacial score (nSPS) is 13.6. The van der Waals surface area contributed by atoms with E-state index in [-0.39, 0.29) is 24.1 Å². The van der Waals surface area contributed by atoms with Crippen LogP contribution >= 0.6 is 0 Å². The van der Waals surface area contributed by atoms with Crippen molar-refractivity contribution in [2.75, 3.05) is 11.9 Å². The Morgan fingerprint density at radius 1 is 0.939 bits per heavy atom. The minimum atomic E-state index is -0.376. The van der Waals surface area contributed by atoms with E-state index in [1.807, 2.05) is 69.3 Å². The summed E-state index contributed by atoms with van der Waals surface area (Å²) in [7, 11) is 0. The lowest BCUT2D eigenvalue weighted by atomic mass is 9.99. The van der Waals surface area contributed by atoms with Crippen molar-refractivity contribution in [3.63, 3.8) is 0 Å². The highest BCUT2D eigenvalue weighted by atomic mass is 16.5. The van der Waals surface area contributed by atoms with Crippen molar-refractivity contribution in [3.8, 4) is 5.75 Å². The molecule has 2 amide bonds. The summed E-state index contributed by atoms with van der Waals surface area (Å²) in [5.41, 5.74) is 4.83. The number of carbonyl (C=O) groups is 2. The molecule has 0 spiro atoms. The van der Waals surface area contributed by atoms with E-state index in [2.05, 4.69) is 10.3 Å². The van der Waals surface area contributed by atoms with Crippen molar-refractivity contribution >= 4 is 23.1 Å². The predicted molar refractivity (Wildman–Crippen MR) is 128 cm³/mol. The fraction of sp³-hybridized carbons (Fsp3) is 0.222. The third-order valence-corrected chi connectivity index (χ3v) is 5.59. The van der Waals surface area contributed by atoms with Gasteiger partial charge in [-0.05, 0) is 61.2 Å². The van der Waals surface area contributed by atoms with Crippen LogP contribution in [0.15, 0.2) is 72.6 Å². The van der Waals surface area contributed by atoms with Crippen molar-refractivity contribution < 1.29 is 14.3 Å². The van der Waals surface area contributed by atoms with Crippen molar-refractivity contribution in [1.29, 1.82) is 0 Å². The van der Waals surface area contributed by atoms with E-state index in [0.29, 0.717) is 34.9 Å². The Balaban J connectivity index is 1.73. The number of anilines is 1. The van der Waals surface area contributed by atoms with Crippen LogP contribution in [0.25, 0.3) is 5.57 Å². The number of nitrogens with zero attached hydrogens (tertiary/aromatic N) is 2. The molecule has 0 atom stereocenters. The maximum absolute atomic E-state index is 13.5. The zero-order valence-electron chi connectivity index (χ0n) is 19.1. The van der Waals surface area contributed by atoms with Crippen LogP contribution in [-0.2, 0) is 16.1 Å². The van der Waals surface area contributed by atoms with Gasteiger partial charge >= 0.3 is 0 Å². The monoisotopic (exact) mass is 441 g/mol. The molecule has 1 aliphatic rings. The lowest BCUT2D eigenvalue weighted by Gasteiger charge is -2.15. The van der Waals surface area contributed by atoms with Crippen LogP contribution in [0.3, 0.4) is 0 Å². The first-order chi connectivity index (χ1) is 16.0. The zero-order valence-corrected chi connectivity index (χ0v) is 19.1. The topological polar surface area (TPSA) is 71.5 Å². The average molecular weight is 442 g/mol. The number of hydrogen-bond acceptors (Lipinski definition) is 5. The second-order valence-electron chi connectivity index (χ2n) is 8.07. The Labute approximate surface area is 193 Å². The summed E-state index contributed by atoms with van der Waals surface area (Å²) in [6.07, 6.45) is 2.55. The minimum Gasteiger partial charge on any atom is -0.494 e. The molecule has 0 fully saturated rings. The molecule has 33 heavy (non-hydrogen) atoms. The van der Waals surface area contributed by atoms with E-state index in [4.69, 9.17) is 4.74 Å². The first-order valence-corrected chi connectivity index (χ1v) is 11.1. The first kappa shape index (κ1) is 22.3. The molecule has 0 aliphatic carbocycles. The standard InChI is InChI=1S/C27H27N3O3/c1-4-14-33-23-10-7-9-21(16-23)29-25-24(20-12-11-18(2)19(3)15-20)26(31)30(27(25)32)17-22-8-5-6-13-28-22/h5-13,15-16,29H,4,14,17H2,1-3H3. The summed E-state index contributed by atoms with van der Waals surface area (Å²) in [4.78, 5) is 32.4. The van der Waals surface area contributed by atoms with Crippen LogP contribution in [0, 0.1) is 13.8 Å². The quantitative estimate of drug-likeness (QED) is 0.505. The van der Waals surface area contributed by atoms with Gasteiger partial charge < -0.3 is 10.1 Å². The number of benzene rings is 2. The lowest BCUT2D eigenvalue weighted by Crippen LogP contribution is -2.32. The third-order valence-electron chi connectivity index (χ3n) is 5.59. The molecule has 1 aromatic heterocycles. The molecule has 4 rings (SSSR count). The molecule has 1 N–H and O–H groups in total. The van der Waals surface area contributed by atoms with Gasteiger partial charge in [-0.15, -0.1) is 0 Å². The highest BCUT2D eigenvalue weighted by molar-refractivity contribution is 6.36. The van der Waals surface area contributed by atoms with E-state index in [1.165, 1.54) is 4.90 Å². The summed E-state index contributed by atoms with van der Waals surface area (Å²) in [5, 5.41) is 3.20. The van der Waals surface area contributed by atoms with Crippen LogP contribution in [0.1, 0.15) is 35.7 Å². The Kier molecular flexibility index (Phi) is 6.54. The molecule has 0 saturated heterocycles. The largest absolute Gasteiger partial charge is 0.494 e. The van der Waals surface area contributed by atoms with Gasteiger partial charge in [-0.1, -0.05) is 37.3 Å². The smallest absolute Gasteiger partial charge is 0.278 e.